The number of amides is 3. The fraction of sp³-hybridized carbons (Fsp3) is 0.308. The molecule has 1 aliphatic rings. The fourth-order valence-electron chi connectivity index (χ4n) is 2.02. The van der Waals surface area contributed by atoms with E-state index in [1.54, 1.807) is 18.2 Å². The molecule has 0 radical (unpaired) electrons. The minimum absolute atomic E-state index is 0.0823. The lowest BCUT2D eigenvalue weighted by molar-refractivity contribution is -0.136. The summed E-state index contributed by atoms with van der Waals surface area (Å²) in [5.41, 5.74) is 7.12. The number of benzene rings is 1. The molecule has 1 aliphatic heterocycles. The lowest BCUT2D eigenvalue weighted by Crippen LogP contribution is -2.32. The Bertz CT molecular complexity index is 585. The zero-order valence-electron chi connectivity index (χ0n) is 11.3. The van der Waals surface area contributed by atoms with Crippen LogP contribution < -0.4 is 16.4 Å². The molecule has 1 unspecified atom stereocenters. The number of imide groups is 1. The highest BCUT2D eigenvalue weighted by Gasteiger charge is 2.36. The van der Waals surface area contributed by atoms with E-state index in [2.05, 4.69) is 10.6 Å². The largest absolute Gasteiger partial charge is 0.397 e. The van der Waals surface area contributed by atoms with Gasteiger partial charge in [0, 0.05) is 19.7 Å². The van der Waals surface area contributed by atoms with Crippen LogP contribution in [0.15, 0.2) is 18.2 Å². The Balaban J connectivity index is 2.23. The summed E-state index contributed by atoms with van der Waals surface area (Å²) < 4.78 is 0. The van der Waals surface area contributed by atoms with Crippen LogP contribution in [0.1, 0.15) is 16.8 Å². The zero-order valence-corrected chi connectivity index (χ0v) is 11.3. The van der Waals surface area contributed by atoms with Gasteiger partial charge >= 0.3 is 0 Å². The van der Waals surface area contributed by atoms with Gasteiger partial charge < -0.3 is 16.4 Å². The first-order chi connectivity index (χ1) is 9.43. The van der Waals surface area contributed by atoms with Crippen LogP contribution >= 0.6 is 0 Å². The molecule has 0 bridgehead atoms. The smallest absolute Gasteiger partial charge is 0.251 e. The predicted molar refractivity (Wildman–Crippen MR) is 74.0 cm³/mol. The summed E-state index contributed by atoms with van der Waals surface area (Å²) in [6, 6.07) is 4.09. The fourth-order valence-corrected chi connectivity index (χ4v) is 2.02. The standard InChI is InChI=1S/C13H16N4O3/c1-15-12(19)7-3-4-8(14)9(5-7)16-10-6-11(18)17(2)13(10)20/h3-5,10,16H,6,14H2,1-2H3,(H,15,19). The maximum atomic E-state index is 11.8. The van der Waals surface area contributed by atoms with Crippen molar-refractivity contribution in [2.75, 3.05) is 25.1 Å². The number of likely N-dealkylation sites (N-methyl/N-ethyl adjacent to an activating group) is 1. The van der Waals surface area contributed by atoms with Crippen LogP contribution in [0.25, 0.3) is 0 Å². The first kappa shape index (κ1) is 13.9. The molecule has 1 aromatic rings. The molecule has 7 nitrogen and oxygen atoms in total. The van der Waals surface area contributed by atoms with Gasteiger partial charge in [-0.3, -0.25) is 19.3 Å². The lowest BCUT2D eigenvalue weighted by Gasteiger charge is -2.15. The van der Waals surface area contributed by atoms with Gasteiger partial charge in [-0.25, -0.2) is 0 Å². The molecular formula is C13H16N4O3. The number of nitrogens with two attached hydrogens (primary N) is 1. The Morgan fingerprint density at radius 1 is 1.40 bits per heavy atom. The van der Waals surface area contributed by atoms with Crippen molar-refractivity contribution in [3.8, 4) is 0 Å². The maximum absolute atomic E-state index is 11.8. The van der Waals surface area contributed by atoms with Crippen molar-refractivity contribution >= 4 is 29.1 Å². The van der Waals surface area contributed by atoms with Crippen molar-refractivity contribution in [2.45, 2.75) is 12.5 Å². The molecule has 0 aliphatic carbocycles. The summed E-state index contributed by atoms with van der Waals surface area (Å²) in [5.74, 6) is -0.799. The molecular weight excluding hydrogens is 260 g/mol. The molecule has 1 atom stereocenters. The van der Waals surface area contributed by atoms with Crippen LogP contribution in [0.3, 0.4) is 0 Å². The van der Waals surface area contributed by atoms with E-state index >= 15 is 0 Å². The number of hydrogen-bond acceptors (Lipinski definition) is 5. The Kier molecular flexibility index (Phi) is 3.60. The van der Waals surface area contributed by atoms with Gasteiger partial charge in [0.1, 0.15) is 6.04 Å². The number of anilines is 2. The van der Waals surface area contributed by atoms with E-state index in [9.17, 15) is 14.4 Å². The van der Waals surface area contributed by atoms with Crippen molar-refractivity contribution in [3.05, 3.63) is 23.8 Å². The van der Waals surface area contributed by atoms with E-state index < -0.39 is 6.04 Å². The molecule has 0 saturated carbocycles. The number of nitrogens with one attached hydrogen (secondary N) is 2. The summed E-state index contributed by atoms with van der Waals surface area (Å²) in [7, 11) is 2.97. The Morgan fingerprint density at radius 2 is 2.10 bits per heavy atom. The van der Waals surface area contributed by atoms with Gasteiger partial charge in [-0.2, -0.15) is 0 Å². The van der Waals surface area contributed by atoms with E-state index in [0.29, 0.717) is 16.9 Å². The minimum atomic E-state index is -0.644. The van der Waals surface area contributed by atoms with E-state index in [1.165, 1.54) is 14.1 Å². The molecule has 2 rings (SSSR count). The summed E-state index contributed by atoms with van der Waals surface area (Å²) in [6.45, 7) is 0. The van der Waals surface area contributed by atoms with Crippen molar-refractivity contribution in [1.29, 1.82) is 0 Å². The number of nitrogens with zero attached hydrogens (tertiary/aromatic N) is 1. The molecule has 20 heavy (non-hydrogen) atoms. The maximum Gasteiger partial charge on any atom is 0.251 e. The second-order valence-electron chi connectivity index (χ2n) is 4.57. The van der Waals surface area contributed by atoms with Gasteiger partial charge in [0.25, 0.3) is 11.8 Å². The summed E-state index contributed by atoms with van der Waals surface area (Å²) in [5, 5.41) is 5.43. The van der Waals surface area contributed by atoms with Crippen molar-refractivity contribution < 1.29 is 14.4 Å². The Labute approximate surface area is 116 Å². The molecule has 106 valence electrons. The molecule has 0 spiro atoms. The first-order valence-electron chi connectivity index (χ1n) is 6.12. The number of rotatable bonds is 3. The average molecular weight is 276 g/mol. The van der Waals surface area contributed by atoms with Crippen LogP contribution in [0.2, 0.25) is 0 Å². The van der Waals surface area contributed by atoms with Crippen molar-refractivity contribution in [2.24, 2.45) is 0 Å². The number of nitrogen functional groups attached to an aromatic ring is 1. The SMILES string of the molecule is CNC(=O)c1ccc(N)c(NC2CC(=O)N(C)C2=O)c1. The highest BCUT2D eigenvalue weighted by atomic mass is 16.2. The van der Waals surface area contributed by atoms with Gasteiger partial charge in [0.05, 0.1) is 17.8 Å². The van der Waals surface area contributed by atoms with Gasteiger partial charge in [0.2, 0.25) is 5.91 Å². The molecule has 0 aromatic heterocycles. The highest BCUT2D eigenvalue weighted by Crippen LogP contribution is 2.24. The number of hydrogen-bond donors (Lipinski definition) is 3. The summed E-state index contributed by atoms with van der Waals surface area (Å²) in [4.78, 5) is 35.9. The van der Waals surface area contributed by atoms with Gasteiger partial charge in [-0.05, 0) is 18.2 Å². The molecule has 7 heteroatoms. The number of carbonyl (C=O) groups excluding carboxylic acids is 3. The quantitative estimate of drug-likeness (QED) is 0.524. The minimum Gasteiger partial charge on any atom is -0.397 e. The molecule has 1 saturated heterocycles. The normalized spacial score (nSPS) is 18.3. The van der Waals surface area contributed by atoms with E-state index in [4.69, 9.17) is 5.73 Å². The summed E-state index contributed by atoms with van der Waals surface area (Å²) >= 11 is 0. The van der Waals surface area contributed by atoms with Crippen LogP contribution in [0, 0.1) is 0 Å². The molecule has 1 heterocycles. The van der Waals surface area contributed by atoms with Crippen LogP contribution in [-0.2, 0) is 9.59 Å². The van der Waals surface area contributed by atoms with E-state index in [-0.39, 0.29) is 24.1 Å². The third-order valence-electron chi connectivity index (χ3n) is 3.25. The lowest BCUT2D eigenvalue weighted by atomic mass is 10.1. The topological polar surface area (TPSA) is 105 Å². The van der Waals surface area contributed by atoms with E-state index in [0.717, 1.165) is 4.90 Å². The van der Waals surface area contributed by atoms with Gasteiger partial charge in [-0.1, -0.05) is 0 Å². The molecule has 3 amide bonds. The zero-order chi connectivity index (χ0) is 14.9. The van der Waals surface area contributed by atoms with Gasteiger partial charge in [0.15, 0.2) is 0 Å². The molecule has 1 aromatic carbocycles. The molecule has 4 N–H and O–H groups in total. The van der Waals surface area contributed by atoms with Crippen LogP contribution in [-0.4, -0.2) is 42.8 Å². The third kappa shape index (κ3) is 2.42. The highest BCUT2D eigenvalue weighted by molar-refractivity contribution is 6.07. The van der Waals surface area contributed by atoms with Crippen LogP contribution in [0.4, 0.5) is 11.4 Å². The number of likely N-dealkylation sites (tertiary alicyclic amines) is 1. The Hall–Kier alpha value is -2.57. The first-order valence-corrected chi connectivity index (χ1v) is 6.12. The number of carbonyl (C=O) groups is 3. The van der Waals surface area contributed by atoms with Crippen molar-refractivity contribution in [3.63, 3.8) is 0 Å². The monoisotopic (exact) mass is 276 g/mol. The van der Waals surface area contributed by atoms with Crippen molar-refractivity contribution in [1.82, 2.24) is 10.2 Å². The average Bonchev–Trinajstić information content (AvgIpc) is 2.68. The molecule has 1 fully saturated rings. The van der Waals surface area contributed by atoms with Crippen LogP contribution in [0.5, 0.6) is 0 Å². The third-order valence-corrected chi connectivity index (χ3v) is 3.25. The van der Waals surface area contributed by atoms with E-state index in [1.807, 2.05) is 0 Å². The second-order valence-corrected chi connectivity index (χ2v) is 4.57. The second kappa shape index (κ2) is 5.20. The predicted octanol–water partition coefficient (Wildman–Crippen LogP) is -0.202. The summed E-state index contributed by atoms with van der Waals surface area (Å²) in [6.07, 6.45) is 0.0823. The van der Waals surface area contributed by atoms with Gasteiger partial charge in [-0.15, -0.1) is 0 Å². The Morgan fingerprint density at radius 3 is 2.65 bits per heavy atom.